The third-order valence-corrected chi connectivity index (χ3v) is 5.23. The lowest BCUT2D eigenvalue weighted by molar-refractivity contribution is 0.541. The minimum Gasteiger partial charge on any atom is -0.313 e. The van der Waals surface area contributed by atoms with Crippen LogP contribution in [0, 0.1) is 5.92 Å². The SMILES string of the molecule is C[C@H](CS(C)(=O)=O)NC[C@@H]1C[C@@H]1c1ccc(Cl)cc1Cl. The number of rotatable bonds is 6. The average Bonchev–Trinajstić information content (AvgIpc) is 3.03. The highest BCUT2D eigenvalue weighted by atomic mass is 35.5. The average molecular weight is 336 g/mol. The summed E-state index contributed by atoms with van der Waals surface area (Å²) in [5.41, 5.74) is 1.14. The predicted molar refractivity (Wildman–Crippen MR) is 84.5 cm³/mol. The van der Waals surface area contributed by atoms with Crippen LogP contribution in [0.25, 0.3) is 0 Å². The van der Waals surface area contributed by atoms with Crippen LogP contribution in [0.15, 0.2) is 18.2 Å². The van der Waals surface area contributed by atoms with Crippen LogP contribution in [-0.4, -0.2) is 33.0 Å². The summed E-state index contributed by atoms with van der Waals surface area (Å²) < 4.78 is 22.4. The maximum absolute atomic E-state index is 11.2. The summed E-state index contributed by atoms with van der Waals surface area (Å²) in [5, 5.41) is 4.65. The van der Waals surface area contributed by atoms with Crippen molar-refractivity contribution in [2.24, 2.45) is 5.92 Å². The Balaban J connectivity index is 1.84. The van der Waals surface area contributed by atoms with Gasteiger partial charge < -0.3 is 5.32 Å². The first-order chi connectivity index (χ1) is 9.26. The predicted octanol–water partition coefficient (Wildman–Crippen LogP) is 3.12. The Bertz CT molecular complexity index is 589. The van der Waals surface area contributed by atoms with Crippen molar-refractivity contribution < 1.29 is 8.42 Å². The van der Waals surface area contributed by atoms with Crippen LogP contribution in [0.5, 0.6) is 0 Å². The highest BCUT2D eigenvalue weighted by Gasteiger charge is 2.39. The third kappa shape index (κ3) is 4.62. The van der Waals surface area contributed by atoms with E-state index in [9.17, 15) is 8.42 Å². The van der Waals surface area contributed by atoms with Gasteiger partial charge in [-0.25, -0.2) is 8.42 Å². The van der Waals surface area contributed by atoms with Crippen LogP contribution in [0.4, 0.5) is 0 Å². The van der Waals surface area contributed by atoms with Crippen molar-refractivity contribution in [1.82, 2.24) is 5.32 Å². The Labute approximate surface area is 130 Å². The van der Waals surface area contributed by atoms with Crippen LogP contribution in [0.3, 0.4) is 0 Å². The third-order valence-electron chi connectivity index (χ3n) is 3.57. The fraction of sp³-hybridized carbons (Fsp3) is 0.571. The van der Waals surface area contributed by atoms with Crippen molar-refractivity contribution in [3.8, 4) is 0 Å². The van der Waals surface area contributed by atoms with Gasteiger partial charge in [0.25, 0.3) is 0 Å². The van der Waals surface area contributed by atoms with Crippen molar-refractivity contribution in [2.45, 2.75) is 25.3 Å². The second-order valence-electron chi connectivity index (χ2n) is 5.67. The van der Waals surface area contributed by atoms with E-state index in [2.05, 4.69) is 5.32 Å². The minimum absolute atomic E-state index is 0.0214. The van der Waals surface area contributed by atoms with E-state index in [0.717, 1.165) is 18.5 Å². The summed E-state index contributed by atoms with van der Waals surface area (Å²) in [7, 11) is -2.93. The molecule has 3 atom stereocenters. The summed E-state index contributed by atoms with van der Waals surface area (Å²) >= 11 is 12.1. The van der Waals surface area contributed by atoms with Gasteiger partial charge in [-0.05, 0) is 49.4 Å². The molecule has 0 radical (unpaired) electrons. The summed E-state index contributed by atoms with van der Waals surface area (Å²) in [6.07, 6.45) is 2.35. The molecule has 1 fully saturated rings. The van der Waals surface area contributed by atoms with E-state index in [1.807, 2.05) is 19.1 Å². The molecule has 1 aromatic carbocycles. The number of hydrogen-bond donors (Lipinski definition) is 1. The molecule has 112 valence electrons. The maximum atomic E-state index is 11.2. The number of nitrogens with one attached hydrogen (secondary N) is 1. The first kappa shape index (κ1) is 16.1. The van der Waals surface area contributed by atoms with Gasteiger partial charge in [-0.2, -0.15) is 0 Å². The van der Waals surface area contributed by atoms with E-state index in [0.29, 0.717) is 21.9 Å². The zero-order chi connectivity index (χ0) is 14.9. The van der Waals surface area contributed by atoms with Crippen LogP contribution in [0.2, 0.25) is 10.0 Å². The molecule has 0 saturated heterocycles. The van der Waals surface area contributed by atoms with Crippen LogP contribution in [-0.2, 0) is 9.84 Å². The van der Waals surface area contributed by atoms with Crippen molar-refractivity contribution in [2.75, 3.05) is 18.6 Å². The molecule has 1 N–H and O–H groups in total. The highest BCUT2D eigenvalue weighted by Crippen LogP contribution is 2.49. The Morgan fingerprint density at radius 2 is 2.10 bits per heavy atom. The molecule has 1 aliphatic rings. The number of sulfone groups is 1. The molecule has 1 aromatic rings. The normalized spacial score (nSPS) is 23.6. The van der Waals surface area contributed by atoms with Crippen molar-refractivity contribution in [3.05, 3.63) is 33.8 Å². The first-order valence-electron chi connectivity index (χ1n) is 6.62. The maximum Gasteiger partial charge on any atom is 0.148 e. The lowest BCUT2D eigenvalue weighted by atomic mass is 10.1. The van der Waals surface area contributed by atoms with Gasteiger partial charge in [-0.15, -0.1) is 0 Å². The molecule has 0 amide bonds. The molecule has 3 nitrogen and oxygen atoms in total. The Morgan fingerprint density at radius 1 is 1.40 bits per heavy atom. The van der Waals surface area contributed by atoms with E-state index in [-0.39, 0.29) is 11.8 Å². The number of hydrogen-bond acceptors (Lipinski definition) is 3. The molecule has 1 aliphatic carbocycles. The lowest BCUT2D eigenvalue weighted by Crippen LogP contribution is -2.34. The minimum atomic E-state index is -2.93. The molecular weight excluding hydrogens is 317 g/mol. The molecule has 2 rings (SSSR count). The monoisotopic (exact) mass is 335 g/mol. The smallest absolute Gasteiger partial charge is 0.148 e. The van der Waals surface area contributed by atoms with Gasteiger partial charge in [0.2, 0.25) is 0 Å². The molecule has 0 unspecified atom stereocenters. The molecular formula is C14H19Cl2NO2S. The fourth-order valence-electron chi connectivity index (χ4n) is 2.52. The van der Waals surface area contributed by atoms with Gasteiger partial charge in [0, 0.05) is 22.3 Å². The number of benzene rings is 1. The molecule has 0 aliphatic heterocycles. The van der Waals surface area contributed by atoms with Gasteiger partial charge in [0.05, 0.1) is 5.75 Å². The van der Waals surface area contributed by atoms with Gasteiger partial charge in [-0.1, -0.05) is 29.3 Å². The molecule has 0 aromatic heterocycles. The Kier molecular flexibility index (Phi) is 5.00. The van der Waals surface area contributed by atoms with E-state index < -0.39 is 9.84 Å². The van der Waals surface area contributed by atoms with Gasteiger partial charge in [-0.3, -0.25) is 0 Å². The summed E-state index contributed by atoms with van der Waals surface area (Å²) in [4.78, 5) is 0. The molecule has 6 heteroatoms. The molecule has 0 bridgehead atoms. The van der Waals surface area contributed by atoms with E-state index in [1.165, 1.54) is 6.26 Å². The Morgan fingerprint density at radius 3 is 2.70 bits per heavy atom. The molecule has 0 heterocycles. The molecule has 1 saturated carbocycles. The zero-order valence-corrected chi connectivity index (χ0v) is 13.9. The first-order valence-corrected chi connectivity index (χ1v) is 9.44. The van der Waals surface area contributed by atoms with Crippen LogP contribution in [0.1, 0.15) is 24.8 Å². The second kappa shape index (κ2) is 6.22. The molecule has 20 heavy (non-hydrogen) atoms. The van der Waals surface area contributed by atoms with Crippen molar-refractivity contribution in [1.29, 1.82) is 0 Å². The quantitative estimate of drug-likeness (QED) is 0.868. The fourth-order valence-corrected chi connectivity index (χ4v) is 4.10. The Hall–Kier alpha value is -0.290. The van der Waals surface area contributed by atoms with Gasteiger partial charge >= 0.3 is 0 Å². The topological polar surface area (TPSA) is 46.2 Å². The summed E-state index contributed by atoms with van der Waals surface area (Å²) in [6, 6.07) is 5.59. The second-order valence-corrected chi connectivity index (χ2v) is 8.70. The summed E-state index contributed by atoms with van der Waals surface area (Å²) in [6.45, 7) is 2.72. The van der Waals surface area contributed by atoms with Gasteiger partial charge in [0.15, 0.2) is 0 Å². The zero-order valence-electron chi connectivity index (χ0n) is 11.6. The largest absolute Gasteiger partial charge is 0.313 e. The van der Waals surface area contributed by atoms with E-state index in [1.54, 1.807) is 6.07 Å². The highest BCUT2D eigenvalue weighted by molar-refractivity contribution is 7.90. The van der Waals surface area contributed by atoms with Crippen molar-refractivity contribution >= 4 is 33.0 Å². The van der Waals surface area contributed by atoms with Gasteiger partial charge in [0.1, 0.15) is 9.84 Å². The van der Waals surface area contributed by atoms with E-state index in [4.69, 9.17) is 23.2 Å². The van der Waals surface area contributed by atoms with Crippen LogP contribution < -0.4 is 5.32 Å². The van der Waals surface area contributed by atoms with Crippen molar-refractivity contribution in [3.63, 3.8) is 0 Å². The van der Waals surface area contributed by atoms with Crippen LogP contribution >= 0.6 is 23.2 Å². The molecule has 0 spiro atoms. The standard InChI is InChI=1S/C14H19Cl2NO2S/c1-9(8-20(2,18)19)17-7-10-5-13(10)12-4-3-11(15)6-14(12)16/h3-4,6,9-10,13,17H,5,7-8H2,1-2H3/t9-,10+,13+/m1/s1. The number of halogens is 2. The lowest BCUT2D eigenvalue weighted by Gasteiger charge is -2.12. The van der Waals surface area contributed by atoms with E-state index >= 15 is 0 Å². The summed E-state index contributed by atoms with van der Waals surface area (Å²) in [5.74, 6) is 1.15.